The second-order valence-corrected chi connectivity index (χ2v) is 4.79. The van der Waals surface area contributed by atoms with Crippen LogP contribution in [0.25, 0.3) is 11.0 Å². The van der Waals surface area contributed by atoms with Crippen molar-refractivity contribution in [1.29, 1.82) is 0 Å². The number of amides is 1. The molecule has 6 heteroatoms. The number of hydrogen-bond donors (Lipinski definition) is 1. The van der Waals surface area contributed by atoms with E-state index >= 15 is 0 Å². The summed E-state index contributed by atoms with van der Waals surface area (Å²) in [5.41, 5.74) is 2.95. The number of hydroxylamine groups is 2. The van der Waals surface area contributed by atoms with Crippen LogP contribution in [0.3, 0.4) is 0 Å². The van der Waals surface area contributed by atoms with Crippen molar-refractivity contribution >= 4 is 16.9 Å². The smallest absolute Gasteiger partial charge is 0.279 e. The second-order valence-electron chi connectivity index (χ2n) is 4.79. The zero-order chi connectivity index (χ0) is 14.8. The molecule has 1 N–H and O–H groups in total. The van der Waals surface area contributed by atoms with Crippen LogP contribution in [0.1, 0.15) is 15.9 Å². The van der Waals surface area contributed by atoms with Crippen molar-refractivity contribution in [3.63, 3.8) is 0 Å². The third-order valence-corrected chi connectivity index (χ3v) is 3.22. The van der Waals surface area contributed by atoms with E-state index in [1.54, 1.807) is 12.1 Å². The highest BCUT2D eigenvalue weighted by Gasteiger charge is 2.15. The van der Waals surface area contributed by atoms with Gasteiger partial charge in [-0.25, -0.2) is 4.68 Å². The van der Waals surface area contributed by atoms with Crippen LogP contribution in [0.4, 0.5) is 0 Å². The summed E-state index contributed by atoms with van der Waals surface area (Å²) in [7, 11) is 0. The molecule has 0 saturated heterocycles. The molecule has 1 aromatic heterocycles. The van der Waals surface area contributed by atoms with Crippen LogP contribution in [0.2, 0.25) is 0 Å². The number of aryl methyl sites for hydroxylation is 1. The lowest BCUT2D eigenvalue weighted by Crippen LogP contribution is -2.30. The highest BCUT2D eigenvalue weighted by molar-refractivity contribution is 5.93. The number of para-hydroxylation sites is 1. The van der Waals surface area contributed by atoms with Crippen LogP contribution in [0.5, 0.6) is 0 Å². The number of carbonyl (C=O) groups excluding carboxylic acids is 1. The number of fused-ring (bicyclic) bond motifs is 1. The first-order valence-corrected chi connectivity index (χ1v) is 6.51. The molecule has 106 valence electrons. The largest absolute Gasteiger partial charge is 0.284 e. The molecule has 0 aliphatic heterocycles. The predicted molar refractivity (Wildman–Crippen MR) is 76.7 cm³/mol. The fraction of sp³-hybridized carbons (Fsp3) is 0.133. The number of carbonyl (C=O) groups is 1. The molecule has 0 atom stereocenters. The van der Waals surface area contributed by atoms with Crippen molar-refractivity contribution in [2.24, 2.45) is 0 Å². The average molecular weight is 282 g/mol. The van der Waals surface area contributed by atoms with Gasteiger partial charge in [-0.3, -0.25) is 10.0 Å². The molecule has 3 rings (SSSR count). The highest BCUT2D eigenvalue weighted by Crippen LogP contribution is 2.11. The van der Waals surface area contributed by atoms with Crippen LogP contribution < -0.4 is 0 Å². The van der Waals surface area contributed by atoms with E-state index in [0.29, 0.717) is 16.1 Å². The van der Waals surface area contributed by atoms with Crippen molar-refractivity contribution < 1.29 is 10.0 Å². The number of aromatic nitrogens is 3. The van der Waals surface area contributed by atoms with Gasteiger partial charge in [0.15, 0.2) is 0 Å². The standard InChI is InChI=1S/C15H14N4O2/c1-11-6-8-12(9-7-11)15(20)19(21)10-18-14-5-3-2-4-13(14)16-17-18/h2-9,21H,10H2,1H3. The SMILES string of the molecule is Cc1ccc(C(=O)N(O)Cn2nnc3ccccc32)cc1. The van der Waals surface area contributed by atoms with Crippen molar-refractivity contribution in [3.8, 4) is 0 Å². The Bertz CT molecular complexity index is 780. The zero-order valence-corrected chi connectivity index (χ0v) is 11.5. The number of hydrogen-bond acceptors (Lipinski definition) is 4. The Hall–Kier alpha value is -2.73. The molecule has 1 amide bonds. The molecule has 0 fully saturated rings. The van der Waals surface area contributed by atoms with E-state index in [4.69, 9.17) is 0 Å². The molecule has 0 spiro atoms. The Morgan fingerprint density at radius 1 is 1.19 bits per heavy atom. The predicted octanol–water partition coefficient (Wildman–Crippen LogP) is 2.23. The minimum atomic E-state index is -0.477. The number of rotatable bonds is 3. The maximum absolute atomic E-state index is 12.1. The third-order valence-electron chi connectivity index (χ3n) is 3.22. The molecule has 0 bridgehead atoms. The summed E-state index contributed by atoms with van der Waals surface area (Å²) in [6, 6.07) is 14.4. The van der Waals surface area contributed by atoms with Crippen molar-refractivity contribution in [1.82, 2.24) is 20.1 Å². The summed E-state index contributed by atoms with van der Waals surface area (Å²) in [6.45, 7) is 1.86. The molecule has 2 aromatic carbocycles. The van der Waals surface area contributed by atoms with E-state index in [1.807, 2.05) is 43.3 Å². The molecule has 0 saturated carbocycles. The number of nitrogens with zero attached hydrogens (tertiary/aromatic N) is 4. The van der Waals surface area contributed by atoms with E-state index in [0.717, 1.165) is 11.1 Å². The zero-order valence-electron chi connectivity index (χ0n) is 11.5. The lowest BCUT2D eigenvalue weighted by atomic mass is 10.1. The van der Waals surface area contributed by atoms with E-state index < -0.39 is 5.91 Å². The van der Waals surface area contributed by atoms with Crippen molar-refractivity contribution in [2.45, 2.75) is 13.6 Å². The first kappa shape index (κ1) is 13.3. The molecule has 21 heavy (non-hydrogen) atoms. The summed E-state index contributed by atoms with van der Waals surface area (Å²) in [5, 5.41) is 18.5. The molecular weight excluding hydrogens is 268 g/mol. The summed E-state index contributed by atoms with van der Waals surface area (Å²) in [5.74, 6) is -0.477. The Morgan fingerprint density at radius 2 is 1.90 bits per heavy atom. The molecule has 1 heterocycles. The van der Waals surface area contributed by atoms with Crippen LogP contribution in [-0.2, 0) is 6.67 Å². The van der Waals surface area contributed by atoms with E-state index in [2.05, 4.69) is 10.3 Å². The van der Waals surface area contributed by atoms with Crippen molar-refractivity contribution in [3.05, 3.63) is 59.7 Å². The van der Waals surface area contributed by atoms with Crippen LogP contribution in [0, 0.1) is 6.92 Å². The normalized spacial score (nSPS) is 10.8. The van der Waals surface area contributed by atoms with E-state index in [9.17, 15) is 10.0 Å². The monoisotopic (exact) mass is 282 g/mol. The van der Waals surface area contributed by atoms with Crippen LogP contribution >= 0.6 is 0 Å². The fourth-order valence-corrected chi connectivity index (χ4v) is 2.06. The Labute approximate surface area is 121 Å². The minimum absolute atomic E-state index is 0.0762. The second kappa shape index (κ2) is 5.34. The van der Waals surface area contributed by atoms with Crippen molar-refractivity contribution in [2.75, 3.05) is 0 Å². The molecule has 6 nitrogen and oxygen atoms in total. The van der Waals surface area contributed by atoms with Gasteiger partial charge in [-0.2, -0.15) is 5.06 Å². The molecular formula is C15H14N4O2. The van der Waals surface area contributed by atoms with Gasteiger partial charge in [0.05, 0.1) is 5.52 Å². The van der Waals surface area contributed by atoms with Gasteiger partial charge < -0.3 is 0 Å². The van der Waals surface area contributed by atoms with Gasteiger partial charge in [0.2, 0.25) is 0 Å². The summed E-state index contributed by atoms with van der Waals surface area (Å²) >= 11 is 0. The lowest BCUT2D eigenvalue weighted by Gasteiger charge is -2.15. The number of benzene rings is 2. The van der Waals surface area contributed by atoms with Gasteiger partial charge in [0.25, 0.3) is 5.91 Å². The quantitative estimate of drug-likeness (QED) is 0.590. The molecule has 3 aromatic rings. The highest BCUT2D eigenvalue weighted by atomic mass is 16.5. The van der Waals surface area contributed by atoms with E-state index in [1.165, 1.54) is 4.68 Å². The third kappa shape index (κ3) is 2.61. The lowest BCUT2D eigenvalue weighted by molar-refractivity contribution is -0.0815. The first-order chi connectivity index (χ1) is 10.1. The average Bonchev–Trinajstić information content (AvgIpc) is 2.91. The Morgan fingerprint density at radius 3 is 2.67 bits per heavy atom. The fourth-order valence-electron chi connectivity index (χ4n) is 2.06. The van der Waals surface area contributed by atoms with Crippen LogP contribution in [-0.4, -0.2) is 31.2 Å². The minimum Gasteiger partial charge on any atom is -0.284 e. The molecule has 0 aliphatic rings. The molecule has 0 radical (unpaired) electrons. The molecule has 0 unspecified atom stereocenters. The molecule has 0 aliphatic carbocycles. The Kier molecular flexibility index (Phi) is 3.37. The van der Waals surface area contributed by atoms with Gasteiger partial charge in [0, 0.05) is 5.56 Å². The first-order valence-electron chi connectivity index (χ1n) is 6.51. The summed E-state index contributed by atoms with van der Waals surface area (Å²) in [4.78, 5) is 12.1. The van der Waals surface area contributed by atoms with Gasteiger partial charge >= 0.3 is 0 Å². The topological polar surface area (TPSA) is 71.2 Å². The maximum Gasteiger partial charge on any atom is 0.279 e. The van der Waals surface area contributed by atoms with Gasteiger partial charge in [-0.15, -0.1) is 5.10 Å². The summed E-state index contributed by atoms with van der Waals surface area (Å²) in [6.07, 6.45) is 0. The van der Waals surface area contributed by atoms with Gasteiger partial charge in [-0.05, 0) is 31.2 Å². The maximum atomic E-state index is 12.1. The van der Waals surface area contributed by atoms with Gasteiger partial charge in [-0.1, -0.05) is 35.0 Å². The summed E-state index contributed by atoms with van der Waals surface area (Å²) < 4.78 is 1.47. The van der Waals surface area contributed by atoms with Gasteiger partial charge in [0.1, 0.15) is 12.2 Å². The Balaban J connectivity index is 1.81. The van der Waals surface area contributed by atoms with E-state index in [-0.39, 0.29) is 6.67 Å². The van der Waals surface area contributed by atoms with Crippen LogP contribution in [0.15, 0.2) is 48.5 Å².